The first-order chi connectivity index (χ1) is 12.9. The molecule has 1 aromatic rings. The molecule has 2 unspecified atom stereocenters. The molecule has 0 aromatic heterocycles. The molecule has 0 spiro atoms. The molecule has 1 aliphatic heterocycles. The van der Waals surface area contributed by atoms with Crippen LogP contribution in [0.1, 0.15) is 37.7 Å². The first-order valence-corrected chi connectivity index (χ1v) is 10.8. The van der Waals surface area contributed by atoms with Crippen molar-refractivity contribution in [2.75, 3.05) is 27.2 Å². The molecule has 1 aromatic carbocycles. The summed E-state index contributed by atoms with van der Waals surface area (Å²) >= 11 is 0. The van der Waals surface area contributed by atoms with Crippen molar-refractivity contribution in [1.29, 1.82) is 0 Å². The van der Waals surface area contributed by atoms with Crippen LogP contribution in [0.4, 0.5) is 0 Å². The van der Waals surface area contributed by atoms with E-state index in [1.165, 1.54) is 0 Å². The van der Waals surface area contributed by atoms with Crippen LogP contribution in [0.5, 0.6) is 0 Å². The minimum Gasteiger partial charge on any atom is -0.726 e. The Kier molecular flexibility index (Phi) is 7.22. The van der Waals surface area contributed by atoms with Crippen LogP contribution in [0.15, 0.2) is 30.3 Å². The molecule has 2 aliphatic rings. The average Bonchev–Trinajstić information content (AvgIpc) is 3.23. The van der Waals surface area contributed by atoms with Gasteiger partial charge < -0.3 is 18.9 Å². The summed E-state index contributed by atoms with van der Waals surface area (Å²) in [6.45, 7) is 1.83. The third-order valence-corrected chi connectivity index (χ3v) is 5.50. The number of carbonyl (C=O) groups is 1. The van der Waals surface area contributed by atoms with Crippen LogP contribution in [0.25, 0.3) is 0 Å². The van der Waals surface area contributed by atoms with E-state index >= 15 is 0 Å². The second-order valence-electron chi connectivity index (χ2n) is 8.20. The van der Waals surface area contributed by atoms with Gasteiger partial charge in [-0.25, -0.2) is 13.2 Å². The number of likely N-dealkylation sites (N-methyl/N-ethyl adjacent to an activating group) is 1. The highest BCUT2D eigenvalue weighted by atomic mass is 32.3. The van der Waals surface area contributed by atoms with Crippen molar-refractivity contribution in [3.8, 4) is 0 Å². The SMILES string of the molecule is C[N+]1(C)CCC(OC(=O)C(O)(c2ccccc2)C2CCCC2)C1.O=S(=O)([O-])O. The lowest BCUT2D eigenvalue weighted by atomic mass is 9.80. The minimum atomic E-state index is -4.92. The average molecular weight is 416 g/mol. The number of rotatable bonds is 4. The van der Waals surface area contributed by atoms with E-state index in [-0.39, 0.29) is 12.0 Å². The highest BCUT2D eigenvalue weighted by molar-refractivity contribution is 7.79. The summed E-state index contributed by atoms with van der Waals surface area (Å²) in [5, 5.41) is 11.4. The fourth-order valence-corrected chi connectivity index (χ4v) is 4.12. The second kappa shape index (κ2) is 8.87. The monoisotopic (exact) mass is 415 g/mol. The van der Waals surface area contributed by atoms with Crippen molar-refractivity contribution in [1.82, 2.24) is 0 Å². The second-order valence-corrected chi connectivity index (χ2v) is 9.05. The van der Waals surface area contributed by atoms with Gasteiger partial charge in [0.1, 0.15) is 6.54 Å². The van der Waals surface area contributed by atoms with Gasteiger partial charge >= 0.3 is 5.97 Å². The normalized spacial score (nSPS) is 24.1. The van der Waals surface area contributed by atoms with Gasteiger partial charge in [-0.3, -0.25) is 4.55 Å². The Morgan fingerprint density at radius 3 is 2.18 bits per heavy atom. The predicted octanol–water partition coefficient (Wildman–Crippen LogP) is 1.46. The number of hydrogen-bond donors (Lipinski definition) is 2. The van der Waals surface area contributed by atoms with Gasteiger partial charge in [0.25, 0.3) is 0 Å². The standard InChI is InChI=1S/C19H28NO3.H2O4S/c1-20(2)13-12-17(14-20)23-18(21)19(22,16-10-6-7-11-16)15-8-4-3-5-9-15;1-5(2,3)4/h3-5,8-9,16-17,22H,6-7,10-14H2,1-2H3;(H2,1,2,3,4)/q+1;/p-1. The Morgan fingerprint density at radius 2 is 1.71 bits per heavy atom. The van der Waals surface area contributed by atoms with Crippen molar-refractivity contribution in [3.63, 3.8) is 0 Å². The van der Waals surface area contributed by atoms with Crippen molar-refractivity contribution in [3.05, 3.63) is 35.9 Å². The molecule has 1 heterocycles. The topological polar surface area (TPSA) is 124 Å². The molecule has 0 radical (unpaired) electrons. The quantitative estimate of drug-likeness (QED) is 0.330. The number of esters is 1. The van der Waals surface area contributed by atoms with Crippen LogP contribution in [0.3, 0.4) is 0 Å². The lowest BCUT2D eigenvalue weighted by Crippen LogP contribution is -2.46. The maximum Gasteiger partial charge on any atom is 0.343 e. The van der Waals surface area contributed by atoms with Crippen molar-refractivity contribution in [2.24, 2.45) is 5.92 Å². The van der Waals surface area contributed by atoms with Crippen LogP contribution in [0, 0.1) is 5.92 Å². The zero-order valence-corrected chi connectivity index (χ0v) is 17.1. The Balaban J connectivity index is 0.000000500. The summed E-state index contributed by atoms with van der Waals surface area (Å²) in [5.41, 5.74) is -0.832. The molecule has 1 saturated carbocycles. The van der Waals surface area contributed by atoms with E-state index in [1.54, 1.807) is 0 Å². The van der Waals surface area contributed by atoms with E-state index in [2.05, 4.69) is 14.1 Å². The van der Waals surface area contributed by atoms with Gasteiger partial charge in [0.15, 0.2) is 11.7 Å². The maximum absolute atomic E-state index is 12.9. The van der Waals surface area contributed by atoms with Crippen LogP contribution < -0.4 is 0 Å². The molecule has 9 heteroatoms. The third-order valence-electron chi connectivity index (χ3n) is 5.50. The molecule has 0 amide bonds. The fraction of sp³-hybridized carbons (Fsp3) is 0.632. The van der Waals surface area contributed by atoms with Gasteiger partial charge in [0.05, 0.1) is 20.6 Å². The van der Waals surface area contributed by atoms with Crippen molar-refractivity contribution in [2.45, 2.75) is 43.8 Å². The highest BCUT2D eigenvalue weighted by Gasteiger charge is 2.49. The largest absolute Gasteiger partial charge is 0.726 e. The molecule has 1 aliphatic carbocycles. The number of carbonyl (C=O) groups excluding carboxylic acids is 1. The van der Waals surface area contributed by atoms with Crippen LogP contribution in [0.2, 0.25) is 0 Å². The van der Waals surface area contributed by atoms with Gasteiger partial charge in [0.2, 0.25) is 10.4 Å². The number of quaternary nitrogens is 1. The number of benzene rings is 1. The van der Waals surface area contributed by atoms with Gasteiger partial charge in [-0.05, 0) is 18.4 Å². The lowest BCUT2D eigenvalue weighted by Gasteiger charge is -2.33. The van der Waals surface area contributed by atoms with Crippen molar-refractivity contribution >= 4 is 16.4 Å². The Labute approximate surface area is 166 Å². The third kappa shape index (κ3) is 6.25. The smallest absolute Gasteiger partial charge is 0.343 e. The summed E-state index contributed by atoms with van der Waals surface area (Å²) in [6, 6.07) is 9.33. The Bertz CT molecular complexity index is 752. The number of aliphatic hydroxyl groups is 1. The molecule has 3 rings (SSSR count). The van der Waals surface area contributed by atoms with Crippen LogP contribution in [-0.4, -0.2) is 66.4 Å². The number of likely N-dealkylation sites (tertiary alicyclic amines) is 1. The Hall–Kier alpha value is -1.52. The molecule has 2 fully saturated rings. The predicted molar refractivity (Wildman–Crippen MR) is 101 cm³/mol. The molecule has 28 heavy (non-hydrogen) atoms. The van der Waals surface area contributed by atoms with Gasteiger partial charge in [-0.15, -0.1) is 0 Å². The van der Waals surface area contributed by atoms with Crippen LogP contribution in [-0.2, 0) is 25.5 Å². The Morgan fingerprint density at radius 1 is 1.18 bits per heavy atom. The van der Waals surface area contributed by atoms with Gasteiger partial charge in [-0.1, -0.05) is 43.2 Å². The highest BCUT2D eigenvalue weighted by Crippen LogP contribution is 2.42. The summed E-state index contributed by atoms with van der Waals surface area (Å²) in [5.74, 6) is -0.496. The summed E-state index contributed by atoms with van der Waals surface area (Å²) in [7, 11) is -0.623. The first kappa shape index (κ1) is 22.8. The van der Waals surface area contributed by atoms with E-state index in [9.17, 15) is 9.90 Å². The van der Waals surface area contributed by atoms with Crippen molar-refractivity contribution < 1.29 is 36.6 Å². The maximum atomic E-state index is 12.9. The van der Waals surface area contributed by atoms with Gasteiger partial charge in [0, 0.05) is 12.3 Å². The zero-order chi connectivity index (χ0) is 21.0. The molecule has 2 atom stereocenters. The summed E-state index contributed by atoms with van der Waals surface area (Å²) in [6.07, 6.45) is 4.68. The minimum absolute atomic E-state index is 0.0405. The fourth-order valence-electron chi connectivity index (χ4n) is 4.12. The molecular formula is C19H29NO7S. The molecule has 158 valence electrons. The molecular weight excluding hydrogens is 386 g/mol. The van der Waals surface area contributed by atoms with E-state index in [1.807, 2.05) is 30.3 Å². The van der Waals surface area contributed by atoms with Gasteiger partial charge in [-0.2, -0.15) is 0 Å². The number of nitrogens with zero attached hydrogens (tertiary/aromatic N) is 1. The molecule has 0 bridgehead atoms. The zero-order valence-electron chi connectivity index (χ0n) is 16.3. The van der Waals surface area contributed by atoms with E-state index < -0.39 is 22.0 Å². The van der Waals surface area contributed by atoms with E-state index in [0.717, 1.165) is 49.7 Å². The number of ether oxygens (including phenoxy) is 1. The van der Waals surface area contributed by atoms with E-state index in [4.69, 9.17) is 22.3 Å². The summed E-state index contributed by atoms with van der Waals surface area (Å²) in [4.78, 5) is 12.9. The van der Waals surface area contributed by atoms with Crippen LogP contribution >= 0.6 is 0 Å². The van der Waals surface area contributed by atoms with E-state index in [0.29, 0.717) is 5.56 Å². The molecule has 1 saturated heterocycles. The number of hydrogen-bond acceptors (Lipinski definition) is 6. The molecule has 8 nitrogen and oxygen atoms in total. The lowest BCUT2D eigenvalue weighted by molar-refractivity contribution is -0.879. The first-order valence-electron chi connectivity index (χ1n) is 9.41. The summed E-state index contributed by atoms with van der Waals surface area (Å²) < 4.78 is 39.5. The molecule has 2 N–H and O–H groups in total.